The molecular formula is C9H14ClN. The molecular weight excluding hydrogens is 158 g/mol. The number of nitrogens with one attached hydrogen (secondary N) is 1. The van der Waals surface area contributed by atoms with Gasteiger partial charge >= 0.3 is 0 Å². The number of hydrogen-bond donors (Lipinski definition) is 1. The SMILES string of the molecule is C1=C[C@H]2C[C@@H]1[C@H]1CNC[C@H]12.Cl. The minimum atomic E-state index is 0. The molecule has 0 aromatic heterocycles. The zero-order valence-corrected chi connectivity index (χ0v) is 7.31. The van der Waals surface area contributed by atoms with Crippen LogP contribution in [-0.4, -0.2) is 13.1 Å². The van der Waals surface area contributed by atoms with Crippen LogP contribution in [-0.2, 0) is 0 Å². The fourth-order valence-corrected chi connectivity index (χ4v) is 3.05. The Morgan fingerprint density at radius 1 is 1.00 bits per heavy atom. The van der Waals surface area contributed by atoms with E-state index in [0.717, 1.165) is 23.7 Å². The first kappa shape index (κ1) is 7.63. The minimum absolute atomic E-state index is 0. The Hall–Kier alpha value is -0.0100. The molecule has 0 amide bonds. The molecule has 0 aromatic rings. The van der Waals surface area contributed by atoms with Crippen molar-refractivity contribution >= 4 is 12.4 Å². The normalized spacial score (nSPS) is 50.9. The van der Waals surface area contributed by atoms with Gasteiger partial charge in [-0.25, -0.2) is 0 Å². The third-order valence-corrected chi connectivity index (χ3v) is 3.56. The van der Waals surface area contributed by atoms with Gasteiger partial charge in [0.25, 0.3) is 0 Å². The molecule has 3 aliphatic rings. The lowest BCUT2D eigenvalue weighted by Gasteiger charge is -2.17. The number of hydrogen-bond acceptors (Lipinski definition) is 1. The first-order valence-corrected chi connectivity index (χ1v) is 4.34. The molecule has 0 aromatic carbocycles. The van der Waals surface area contributed by atoms with Gasteiger partial charge in [-0.15, -0.1) is 12.4 Å². The van der Waals surface area contributed by atoms with E-state index in [1.165, 1.54) is 19.5 Å². The lowest BCUT2D eigenvalue weighted by atomic mass is 9.86. The Morgan fingerprint density at radius 2 is 1.55 bits per heavy atom. The van der Waals surface area contributed by atoms with Crippen molar-refractivity contribution in [2.45, 2.75) is 6.42 Å². The fraction of sp³-hybridized carbons (Fsp3) is 0.778. The van der Waals surface area contributed by atoms with Crippen LogP contribution in [0.4, 0.5) is 0 Å². The quantitative estimate of drug-likeness (QED) is 0.544. The van der Waals surface area contributed by atoms with E-state index in [0.29, 0.717) is 0 Å². The molecule has 1 saturated carbocycles. The van der Waals surface area contributed by atoms with Gasteiger partial charge in [0, 0.05) is 0 Å². The van der Waals surface area contributed by atoms with Crippen molar-refractivity contribution in [1.82, 2.24) is 5.32 Å². The predicted molar refractivity (Wildman–Crippen MR) is 47.8 cm³/mol. The number of rotatable bonds is 0. The van der Waals surface area contributed by atoms with Gasteiger partial charge in [0.1, 0.15) is 0 Å². The van der Waals surface area contributed by atoms with Crippen LogP contribution in [0.15, 0.2) is 12.2 Å². The van der Waals surface area contributed by atoms with Crippen molar-refractivity contribution < 1.29 is 0 Å². The topological polar surface area (TPSA) is 12.0 Å². The molecule has 0 radical (unpaired) electrons. The van der Waals surface area contributed by atoms with Crippen LogP contribution in [0.25, 0.3) is 0 Å². The maximum absolute atomic E-state index is 3.49. The van der Waals surface area contributed by atoms with Gasteiger partial charge in [-0.1, -0.05) is 12.2 Å². The third kappa shape index (κ3) is 0.875. The van der Waals surface area contributed by atoms with E-state index in [2.05, 4.69) is 17.5 Å². The average molecular weight is 172 g/mol. The van der Waals surface area contributed by atoms with Crippen LogP contribution >= 0.6 is 12.4 Å². The van der Waals surface area contributed by atoms with Gasteiger partial charge in [0.15, 0.2) is 0 Å². The molecule has 1 nitrogen and oxygen atoms in total. The van der Waals surface area contributed by atoms with Crippen molar-refractivity contribution in [1.29, 1.82) is 0 Å². The van der Waals surface area contributed by atoms with Crippen molar-refractivity contribution in [3.05, 3.63) is 12.2 Å². The summed E-state index contributed by atoms with van der Waals surface area (Å²) in [5.74, 6) is 3.92. The monoisotopic (exact) mass is 171 g/mol. The van der Waals surface area contributed by atoms with Crippen LogP contribution in [0.1, 0.15) is 6.42 Å². The van der Waals surface area contributed by atoms with Crippen molar-refractivity contribution in [3.63, 3.8) is 0 Å². The second kappa shape index (κ2) is 2.49. The molecule has 2 heteroatoms. The Morgan fingerprint density at radius 3 is 2.09 bits per heavy atom. The van der Waals surface area contributed by atoms with Gasteiger partial charge in [-0.3, -0.25) is 0 Å². The Labute approximate surface area is 73.7 Å². The van der Waals surface area contributed by atoms with Gasteiger partial charge in [-0.05, 0) is 43.2 Å². The van der Waals surface area contributed by atoms with Crippen LogP contribution in [0.2, 0.25) is 0 Å². The predicted octanol–water partition coefficient (Wildman–Crippen LogP) is 1.45. The summed E-state index contributed by atoms with van der Waals surface area (Å²) in [7, 11) is 0. The van der Waals surface area contributed by atoms with Crippen molar-refractivity contribution in [2.75, 3.05) is 13.1 Å². The van der Waals surface area contributed by atoms with E-state index in [9.17, 15) is 0 Å². The van der Waals surface area contributed by atoms with E-state index in [1.807, 2.05) is 0 Å². The summed E-state index contributed by atoms with van der Waals surface area (Å²) in [6.45, 7) is 2.58. The maximum atomic E-state index is 3.49. The van der Waals surface area contributed by atoms with Crippen molar-refractivity contribution in [2.24, 2.45) is 23.7 Å². The van der Waals surface area contributed by atoms with E-state index < -0.39 is 0 Å². The highest BCUT2D eigenvalue weighted by molar-refractivity contribution is 5.85. The van der Waals surface area contributed by atoms with Gasteiger partial charge in [0.2, 0.25) is 0 Å². The molecule has 0 unspecified atom stereocenters. The molecule has 4 atom stereocenters. The highest BCUT2D eigenvalue weighted by Crippen LogP contribution is 2.49. The average Bonchev–Trinajstić information content (AvgIpc) is 2.60. The maximum Gasteiger partial charge on any atom is -0.00114 e. The molecule has 1 aliphatic heterocycles. The lowest BCUT2D eigenvalue weighted by Crippen LogP contribution is -2.16. The molecule has 62 valence electrons. The molecule has 1 heterocycles. The Balaban J connectivity index is 0.000000480. The van der Waals surface area contributed by atoms with E-state index in [1.54, 1.807) is 0 Å². The van der Waals surface area contributed by atoms with E-state index >= 15 is 0 Å². The van der Waals surface area contributed by atoms with E-state index in [-0.39, 0.29) is 12.4 Å². The number of halogens is 1. The Bertz CT molecular complexity index is 172. The van der Waals surface area contributed by atoms with Crippen LogP contribution in [0, 0.1) is 23.7 Å². The molecule has 11 heavy (non-hydrogen) atoms. The smallest absolute Gasteiger partial charge is 0.00114 e. The first-order chi connectivity index (χ1) is 4.95. The zero-order valence-electron chi connectivity index (χ0n) is 6.49. The molecule has 1 saturated heterocycles. The number of allylic oxidation sites excluding steroid dienone is 2. The van der Waals surface area contributed by atoms with E-state index in [4.69, 9.17) is 0 Å². The largest absolute Gasteiger partial charge is 0.316 e. The summed E-state index contributed by atoms with van der Waals surface area (Å²) in [4.78, 5) is 0. The fourth-order valence-electron chi connectivity index (χ4n) is 3.05. The Kier molecular flexibility index (Phi) is 1.73. The molecule has 2 fully saturated rings. The first-order valence-electron chi connectivity index (χ1n) is 4.34. The lowest BCUT2D eigenvalue weighted by molar-refractivity contribution is 0.395. The summed E-state index contributed by atoms with van der Waals surface area (Å²) >= 11 is 0. The molecule has 0 spiro atoms. The summed E-state index contributed by atoms with van der Waals surface area (Å²) < 4.78 is 0. The minimum Gasteiger partial charge on any atom is -0.316 e. The van der Waals surface area contributed by atoms with Crippen LogP contribution in [0.3, 0.4) is 0 Å². The van der Waals surface area contributed by atoms with Crippen molar-refractivity contribution in [3.8, 4) is 0 Å². The van der Waals surface area contributed by atoms with Crippen LogP contribution in [0.5, 0.6) is 0 Å². The highest BCUT2D eigenvalue weighted by Gasteiger charge is 2.46. The molecule has 2 bridgehead atoms. The van der Waals surface area contributed by atoms with Gasteiger partial charge < -0.3 is 5.32 Å². The highest BCUT2D eigenvalue weighted by atomic mass is 35.5. The second-order valence-corrected chi connectivity index (χ2v) is 3.93. The van der Waals surface area contributed by atoms with Crippen LogP contribution < -0.4 is 5.32 Å². The summed E-state index contributed by atoms with van der Waals surface area (Å²) in [5, 5.41) is 3.49. The second-order valence-electron chi connectivity index (χ2n) is 3.93. The molecule has 3 rings (SSSR count). The molecule has 2 aliphatic carbocycles. The standard InChI is InChI=1S/C9H13N.ClH/c1-2-7-3-6(1)8-4-10-5-9(7)8;/h1-2,6-10H,3-5H2;1H/t6-,7+,8-,9+;. The van der Waals surface area contributed by atoms with Gasteiger partial charge in [-0.2, -0.15) is 0 Å². The third-order valence-electron chi connectivity index (χ3n) is 3.56. The number of fused-ring (bicyclic) bond motifs is 5. The van der Waals surface area contributed by atoms with Gasteiger partial charge in [0.05, 0.1) is 0 Å². The summed E-state index contributed by atoms with van der Waals surface area (Å²) in [6.07, 6.45) is 6.36. The summed E-state index contributed by atoms with van der Waals surface area (Å²) in [5.41, 5.74) is 0. The summed E-state index contributed by atoms with van der Waals surface area (Å²) in [6, 6.07) is 0. The zero-order chi connectivity index (χ0) is 6.55. The molecule has 1 N–H and O–H groups in total.